The molecule has 0 radical (unpaired) electrons. The summed E-state index contributed by atoms with van der Waals surface area (Å²) in [5.41, 5.74) is 1.71. The highest BCUT2D eigenvalue weighted by molar-refractivity contribution is 5.93. The zero-order chi connectivity index (χ0) is 14.1. The van der Waals surface area contributed by atoms with Crippen LogP contribution in [0, 0.1) is 12.8 Å². The number of carbonyl (C=O) groups excluding carboxylic acids is 1. The van der Waals surface area contributed by atoms with E-state index in [4.69, 9.17) is 0 Å². The molecule has 1 atom stereocenters. The molecule has 1 N–H and O–H groups in total. The van der Waals surface area contributed by atoms with Gasteiger partial charge in [-0.2, -0.15) is 10.2 Å². The third-order valence-corrected chi connectivity index (χ3v) is 3.66. The van der Waals surface area contributed by atoms with E-state index in [1.165, 1.54) is 12.8 Å². The van der Waals surface area contributed by atoms with Crippen LogP contribution < -0.4 is 5.32 Å². The molecule has 0 aromatic carbocycles. The smallest absolute Gasteiger partial charge is 0.249 e. The summed E-state index contributed by atoms with van der Waals surface area (Å²) in [7, 11) is 0. The molecule has 3 rings (SSSR count). The predicted molar refractivity (Wildman–Crippen MR) is 75.3 cm³/mol. The zero-order valence-corrected chi connectivity index (χ0v) is 11.8. The molecule has 20 heavy (non-hydrogen) atoms. The lowest BCUT2D eigenvalue weighted by molar-refractivity contribution is -0.119. The van der Waals surface area contributed by atoms with Gasteiger partial charge in [-0.3, -0.25) is 14.2 Å². The minimum Gasteiger partial charge on any atom is -0.322 e. The first-order valence-corrected chi connectivity index (χ1v) is 6.97. The summed E-state index contributed by atoms with van der Waals surface area (Å²) in [6.45, 7) is 4.72. The predicted octanol–water partition coefficient (Wildman–Crippen LogP) is 2.00. The van der Waals surface area contributed by atoms with Gasteiger partial charge >= 0.3 is 0 Å². The Kier molecular flexibility index (Phi) is 3.30. The molecule has 1 fully saturated rings. The van der Waals surface area contributed by atoms with Gasteiger partial charge in [0.05, 0.1) is 11.9 Å². The maximum atomic E-state index is 12.2. The lowest BCUT2D eigenvalue weighted by Crippen LogP contribution is -2.25. The van der Waals surface area contributed by atoms with Crippen molar-refractivity contribution < 1.29 is 4.79 Å². The fraction of sp³-hybridized carbons (Fsp3) is 0.500. The number of rotatable bonds is 5. The number of aryl methyl sites for hydroxylation is 1. The van der Waals surface area contributed by atoms with E-state index in [2.05, 4.69) is 15.5 Å². The summed E-state index contributed by atoms with van der Waals surface area (Å²) < 4.78 is 3.61. The van der Waals surface area contributed by atoms with Gasteiger partial charge in [0.1, 0.15) is 6.04 Å². The first kappa shape index (κ1) is 12.9. The van der Waals surface area contributed by atoms with Crippen LogP contribution in [0.1, 0.15) is 31.5 Å². The molecule has 0 spiro atoms. The number of carbonyl (C=O) groups is 1. The van der Waals surface area contributed by atoms with Gasteiger partial charge in [0.15, 0.2) is 0 Å². The number of nitrogens with one attached hydrogen (secondary N) is 1. The van der Waals surface area contributed by atoms with Crippen molar-refractivity contribution in [1.82, 2.24) is 19.6 Å². The van der Waals surface area contributed by atoms with Crippen LogP contribution in [0.25, 0.3) is 0 Å². The monoisotopic (exact) mass is 273 g/mol. The van der Waals surface area contributed by atoms with Gasteiger partial charge in [-0.1, -0.05) is 0 Å². The lowest BCUT2D eigenvalue weighted by Gasteiger charge is -2.13. The van der Waals surface area contributed by atoms with Crippen LogP contribution in [-0.2, 0) is 11.3 Å². The minimum absolute atomic E-state index is 0.0808. The van der Waals surface area contributed by atoms with Crippen molar-refractivity contribution in [3.63, 3.8) is 0 Å². The number of aromatic nitrogens is 4. The molecular formula is C14H19N5O. The van der Waals surface area contributed by atoms with Gasteiger partial charge in [0, 0.05) is 24.6 Å². The average molecular weight is 273 g/mol. The molecule has 2 heterocycles. The van der Waals surface area contributed by atoms with Gasteiger partial charge in [-0.15, -0.1) is 0 Å². The molecule has 2 aromatic rings. The van der Waals surface area contributed by atoms with Gasteiger partial charge in [0.25, 0.3) is 0 Å². The number of hydrogen-bond donors (Lipinski definition) is 1. The summed E-state index contributed by atoms with van der Waals surface area (Å²) in [6.07, 6.45) is 7.86. The number of nitrogens with zero attached hydrogens (tertiary/aromatic N) is 4. The van der Waals surface area contributed by atoms with Crippen LogP contribution in [0.4, 0.5) is 5.69 Å². The quantitative estimate of drug-likeness (QED) is 0.906. The fourth-order valence-corrected chi connectivity index (χ4v) is 2.24. The Morgan fingerprint density at radius 3 is 2.95 bits per heavy atom. The summed E-state index contributed by atoms with van der Waals surface area (Å²) in [5.74, 6) is 0.687. The maximum Gasteiger partial charge on any atom is 0.249 e. The summed E-state index contributed by atoms with van der Waals surface area (Å²) in [6, 6.07) is 1.55. The third kappa shape index (κ3) is 2.74. The SMILES string of the molecule is Cc1ccnn1C(C)C(=O)Nc1cnn(CC2CC2)c1. The van der Waals surface area contributed by atoms with Crippen LogP contribution >= 0.6 is 0 Å². The first-order chi connectivity index (χ1) is 9.63. The first-order valence-electron chi connectivity index (χ1n) is 6.97. The Labute approximate surface area is 117 Å². The van der Waals surface area contributed by atoms with E-state index in [1.54, 1.807) is 17.1 Å². The maximum absolute atomic E-state index is 12.2. The van der Waals surface area contributed by atoms with Crippen molar-refractivity contribution in [2.75, 3.05) is 5.32 Å². The second-order valence-corrected chi connectivity index (χ2v) is 5.48. The second-order valence-electron chi connectivity index (χ2n) is 5.48. The summed E-state index contributed by atoms with van der Waals surface area (Å²) in [5, 5.41) is 11.3. The van der Waals surface area contributed by atoms with Crippen molar-refractivity contribution in [2.24, 2.45) is 5.92 Å². The molecule has 2 aromatic heterocycles. The topological polar surface area (TPSA) is 64.7 Å². The Morgan fingerprint density at radius 1 is 1.50 bits per heavy atom. The van der Waals surface area contributed by atoms with Crippen LogP contribution in [0.15, 0.2) is 24.7 Å². The third-order valence-electron chi connectivity index (χ3n) is 3.66. The Balaban J connectivity index is 1.63. The Hall–Kier alpha value is -2.11. The van der Waals surface area contributed by atoms with Crippen LogP contribution in [0.2, 0.25) is 0 Å². The van der Waals surface area contributed by atoms with E-state index < -0.39 is 0 Å². The van der Waals surface area contributed by atoms with Gasteiger partial charge in [-0.05, 0) is 38.7 Å². The number of amides is 1. The molecule has 1 amide bonds. The van der Waals surface area contributed by atoms with E-state index in [1.807, 2.05) is 30.8 Å². The van der Waals surface area contributed by atoms with E-state index in [0.29, 0.717) is 0 Å². The minimum atomic E-state index is -0.336. The standard InChI is InChI=1S/C14H19N5O/c1-10-5-6-15-19(10)11(2)14(20)17-13-7-16-18(9-13)8-12-3-4-12/h5-7,9,11-12H,3-4,8H2,1-2H3,(H,17,20). The molecule has 0 saturated heterocycles. The van der Waals surface area contributed by atoms with Crippen LogP contribution in [-0.4, -0.2) is 25.5 Å². The molecular weight excluding hydrogens is 254 g/mol. The molecule has 1 aliphatic carbocycles. The largest absolute Gasteiger partial charge is 0.322 e. The molecule has 1 saturated carbocycles. The Bertz CT molecular complexity index is 611. The molecule has 1 unspecified atom stereocenters. The molecule has 0 bridgehead atoms. The van der Waals surface area contributed by atoms with Gasteiger partial charge < -0.3 is 5.32 Å². The van der Waals surface area contributed by atoms with Gasteiger partial charge in [-0.25, -0.2) is 0 Å². The van der Waals surface area contributed by atoms with Crippen LogP contribution in [0.3, 0.4) is 0 Å². The zero-order valence-electron chi connectivity index (χ0n) is 11.8. The highest BCUT2D eigenvalue weighted by Crippen LogP contribution is 2.30. The normalized spacial score (nSPS) is 16.1. The average Bonchev–Trinajstić information content (AvgIpc) is 2.95. The molecule has 0 aliphatic heterocycles. The molecule has 6 nitrogen and oxygen atoms in total. The van der Waals surface area contributed by atoms with Crippen molar-refractivity contribution >= 4 is 11.6 Å². The number of hydrogen-bond acceptors (Lipinski definition) is 3. The van der Waals surface area contributed by atoms with E-state index in [9.17, 15) is 4.79 Å². The van der Waals surface area contributed by atoms with E-state index in [-0.39, 0.29) is 11.9 Å². The van der Waals surface area contributed by atoms with Crippen molar-refractivity contribution in [2.45, 2.75) is 39.3 Å². The molecule has 6 heteroatoms. The Morgan fingerprint density at radius 2 is 2.30 bits per heavy atom. The second kappa shape index (κ2) is 5.11. The van der Waals surface area contributed by atoms with Crippen LogP contribution in [0.5, 0.6) is 0 Å². The molecule has 1 aliphatic rings. The van der Waals surface area contributed by atoms with Gasteiger partial charge in [0.2, 0.25) is 5.91 Å². The summed E-state index contributed by atoms with van der Waals surface area (Å²) in [4.78, 5) is 12.2. The van der Waals surface area contributed by atoms with Crippen molar-refractivity contribution in [3.05, 3.63) is 30.4 Å². The van der Waals surface area contributed by atoms with Crippen molar-refractivity contribution in [3.8, 4) is 0 Å². The van der Waals surface area contributed by atoms with Crippen molar-refractivity contribution in [1.29, 1.82) is 0 Å². The van der Waals surface area contributed by atoms with E-state index >= 15 is 0 Å². The number of anilines is 1. The lowest BCUT2D eigenvalue weighted by atomic mass is 10.3. The fourth-order valence-electron chi connectivity index (χ4n) is 2.24. The highest BCUT2D eigenvalue weighted by atomic mass is 16.2. The van der Waals surface area contributed by atoms with E-state index in [0.717, 1.165) is 23.8 Å². The highest BCUT2D eigenvalue weighted by Gasteiger charge is 2.22. The summed E-state index contributed by atoms with van der Waals surface area (Å²) >= 11 is 0. The molecule has 106 valence electrons.